The average Bonchev–Trinajstić information content (AvgIpc) is 3.59. The molecule has 1 aliphatic rings. The number of fused-ring (bicyclic) bond motifs is 1. The van der Waals surface area contributed by atoms with Gasteiger partial charge in [-0.1, -0.05) is 29.5 Å². The Hall–Kier alpha value is -4.66. The van der Waals surface area contributed by atoms with E-state index in [0.29, 0.717) is 29.9 Å². The number of benzene rings is 2. The van der Waals surface area contributed by atoms with Gasteiger partial charge in [-0.15, -0.1) is 5.10 Å². The van der Waals surface area contributed by atoms with Gasteiger partial charge in [0.05, 0.1) is 36.7 Å². The number of nitrogens with one attached hydrogen (secondary N) is 3. The lowest BCUT2D eigenvalue weighted by atomic mass is 9.94. The van der Waals surface area contributed by atoms with Crippen molar-refractivity contribution in [1.29, 1.82) is 0 Å². The maximum atomic E-state index is 13.0. The number of ether oxygens (including phenoxy) is 1. The zero-order valence-corrected chi connectivity index (χ0v) is 19.3. The first-order valence-electron chi connectivity index (χ1n) is 11.2. The molecule has 0 radical (unpaired) electrons. The van der Waals surface area contributed by atoms with Gasteiger partial charge in [0.1, 0.15) is 5.75 Å². The molecular formula is C26H24N6O3. The van der Waals surface area contributed by atoms with Crippen LogP contribution < -0.4 is 15.4 Å². The summed E-state index contributed by atoms with van der Waals surface area (Å²) < 4.78 is 7.03. The Kier molecular flexibility index (Phi) is 5.88. The highest BCUT2D eigenvalue weighted by Crippen LogP contribution is 2.41. The number of H-pyrrole nitrogens is 1. The fourth-order valence-electron chi connectivity index (χ4n) is 4.21. The second-order valence-corrected chi connectivity index (χ2v) is 8.17. The SMILES string of the molecule is COc1cccc(-c2cccc3c2/C(=C/c2[nH]c(C)cc2C(=O)NCCn2ccnn2)C(=O)N3)c1. The van der Waals surface area contributed by atoms with Gasteiger partial charge >= 0.3 is 0 Å². The number of carbonyl (C=O) groups is 2. The van der Waals surface area contributed by atoms with E-state index in [9.17, 15) is 9.59 Å². The van der Waals surface area contributed by atoms with Gasteiger partial charge in [-0.05, 0) is 48.4 Å². The van der Waals surface area contributed by atoms with Crippen molar-refractivity contribution in [2.45, 2.75) is 13.5 Å². The normalized spacial score (nSPS) is 13.5. The Balaban J connectivity index is 1.49. The van der Waals surface area contributed by atoms with E-state index in [-0.39, 0.29) is 11.8 Å². The van der Waals surface area contributed by atoms with E-state index in [4.69, 9.17) is 4.74 Å². The molecule has 0 spiro atoms. The minimum Gasteiger partial charge on any atom is -0.497 e. The van der Waals surface area contributed by atoms with Crippen molar-refractivity contribution in [3.63, 3.8) is 0 Å². The molecule has 0 saturated heterocycles. The van der Waals surface area contributed by atoms with E-state index in [2.05, 4.69) is 25.9 Å². The van der Waals surface area contributed by atoms with Crippen molar-refractivity contribution < 1.29 is 14.3 Å². The largest absolute Gasteiger partial charge is 0.497 e. The molecule has 0 aliphatic carbocycles. The summed E-state index contributed by atoms with van der Waals surface area (Å²) in [6.45, 7) is 2.77. The third kappa shape index (κ3) is 4.43. The second-order valence-electron chi connectivity index (χ2n) is 8.17. The first-order valence-corrected chi connectivity index (χ1v) is 11.2. The van der Waals surface area contributed by atoms with E-state index in [1.54, 1.807) is 36.3 Å². The number of amides is 2. The number of carbonyl (C=O) groups excluding carboxylic acids is 2. The number of rotatable bonds is 7. The van der Waals surface area contributed by atoms with Gasteiger partial charge < -0.3 is 20.4 Å². The smallest absolute Gasteiger partial charge is 0.256 e. The molecular weight excluding hydrogens is 444 g/mol. The summed E-state index contributed by atoms with van der Waals surface area (Å²) in [5, 5.41) is 13.5. The summed E-state index contributed by atoms with van der Waals surface area (Å²) in [5.41, 5.74) is 5.67. The van der Waals surface area contributed by atoms with E-state index >= 15 is 0 Å². The van der Waals surface area contributed by atoms with Crippen LogP contribution in [0, 0.1) is 6.92 Å². The van der Waals surface area contributed by atoms with E-state index < -0.39 is 0 Å². The lowest BCUT2D eigenvalue weighted by molar-refractivity contribution is -0.110. The van der Waals surface area contributed by atoms with E-state index in [1.165, 1.54) is 0 Å². The highest BCUT2D eigenvalue weighted by molar-refractivity contribution is 6.36. The highest BCUT2D eigenvalue weighted by atomic mass is 16.5. The van der Waals surface area contributed by atoms with Crippen molar-refractivity contribution in [2.24, 2.45) is 0 Å². The van der Waals surface area contributed by atoms with Crippen LogP contribution in [0.3, 0.4) is 0 Å². The quantitative estimate of drug-likeness (QED) is 0.359. The number of nitrogens with zero attached hydrogens (tertiary/aromatic N) is 3. The van der Waals surface area contributed by atoms with Crippen LogP contribution in [0.2, 0.25) is 0 Å². The van der Waals surface area contributed by atoms with Gasteiger partial charge in [0.15, 0.2) is 0 Å². The molecule has 2 aromatic carbocycles. The molecule has 4 aromatic rings. The zero-order chi connectivity index (χ0) is 24.4. The van der Waals surface area contributed by atoms with Crippen LogP contribution in [0.4, 0.5) is 5.69 Å². The summed E-state index contributed by atoms with van der Waals surface area (Å²) >= 11 is 0. The first kappa shape index (κ1) is 22.1. The van der Waals surface area contributed by atoms with Gasteiger partial charge in [-0.2, -0.15) is 0 Å². The van der Waals surface area contributed by atoms with Gasteiger partial charge in [0.25, 0.3) is 11.8 Å². The van der Waals surface area contributed by atoms with Gasteiger partial charge in [0, 0.05) is 29.7 Å². The van der Waals surface area contributed by atoms with E-state index in [0.717, 1.165) is 33.8 Å². The van der Waals surface area contributed by atoms with Crippen molar-refractivity contribution in [2.75, 3.05) is 19.0 Å². The molecule has 35 heavy (non-hydrogen) atoms. The molecule has 9 nitrogen and oxygen atoms in total. The van der Waals surface area contributed by atoms with Crippen LogP contribution in [0.5, 0.6) is 5.75 Å². The highest BCUT2D eigenvalue weighted by Gasteiger charge is 2.28. The molecule has 2 amide bonds. The van der Waals surface area contributed by atoms with Gasteiger partial charge in [0.2, 0.25) is 0 Å². The Morgan fingerprint density at radius 1 is 1.20 bits per heavy atom. The fourth-order valence-corrected chi connectivity index (χ4v) is 4.21. The second kappa shape index (κ2) is 9.30. The lowest BCUT2D eigenvalue weighted by Gasteiger charge is -2.10. The van der Waals surface area contributed by atoms with Crippen LogP contribution in [0.15, 0.2) is 60.9 Å². The predicted octanol–water partition coefficient (Wildman–Crippen LogP) is 3.51. The maximum absolute atomic E-state index is 13.0. The van der Waals surface area contributed by atoms with Crippen molar-refractivity contribution in [3.8, 4) is 16.9 Å². The molecule has 0 fully saturated rings. The van der Waals surface area contributed by atoms with Crippen LogP contribution in [0.1, 0.15) is 27.3 Å². The number of hydrogen-bond acceptors (Lipinski definition) is 5. The minimum atomic E-state index is -0.235. The zero-order valence-electron chi connectivity index (χ0n) is 19.3. The number of anilines is 1. The van der Waals surface area contributed by atoms with Crippen molar-refractivity contribution >= 4 is 29.2 Å². The Bertz CT molecular complexity index is 1440. The molecule has 0 saturated carbocycles. The molecule has 176 valence electrons. The molecule has 3 N–H and O–H groups in total. The average molecular weight is 469 g/mol. The topological polar surface area (TPSA) is 114 Å². The fraction of sp³-hybridized carbons (Fsp3) is 0.154. The molecule has 2 aromatic heterocycles. The summed E-state index contributed by atoms with van der Waals surface area (Å²) in [7, 11) is 1.62. The minimum absolute atomic E-state index is 0.222. The molecule has 9 heteroatoms. The van der Waals surface area contributed by atoms with Crippen molar-refractivity contribution in [3.05, 3.63) is 83.4 Å². The van der Waals surface area contributed by atoms with Gasteiger partial charge in [-0.25, -0.2) is 0 Å². The molecule has 0 unspecified atom stereocenters. The summed E-state index contributed by atoms with van der Waals surface area (Å²) in [6, 6.07) is 15.2. The number of aryl methyl sites for hydroxylation is 1. The lowest BCUT2D eigenvalue weighted by Crippen LogP contribution is -2.27. The molecule has 3 heterocycles. The molecule has 1 aliphatic heterocycles. The van der Waals surface area contributed by atoms with Crippen molar-refractivity contribution in [1.82, 2.24) is 25.3 Å². The summed E-state index contributed by atoms with van der Waals surface area (Å²) in [5.74, 6) is 0.272. The first-order chi connectivity index (χ1) is 17.0. The monoisotopic (exact) mass is 468 g/mol. The third-order valence-electron chi connectivity index (χ3n) is 5.82. The maximum Gasteiger partial charge on any atom is 0.256 e. The number of methoxy groups -OCH3 is 1. The summed E-state index contributed by atoms with van der Waals surface area (Å²) in [6.07, 6.45) is 5.06. The summed E-state index contributed by atoms with van der Waals surface area (Å²) in [4.78, 5) is 29.2. The molecule has 5 rings (SSSR count). The third-order valence-corrected chi connectivity index (χ3v) is 5.82. The Morgan fingerprint density at radius 3 is 2.86 bits per heavy atom. The molecule has 0 atom stereocenters. The molecule has 0 bridgehead atoms. The van der Waals surface area contributed by atoms with Crippen LogP contribution in [-0.2, 0) is 11.3 Å². The number of aromatic nitrogens is 4. The number of hydrogen-bond donors (Lipinski definition) is 3. The standard InChI is InChI=1S/C26H24N6O3/c1-16-13-20(25(33)27-9-11-32-12-10-28-31-32)23(29-16)15-21-24-19(7-4-8-22(24)30-26(21)34)17-5-3-6-18(14-17)35-2/h3-8,10,12-15,29H,9,11H2,1-2H3,(H,27,33)(H,30,34)/b21-15-. The van der Waals surface area contributed by atoms with Crippen LogP contribution in [0.25, 0.3) is 22.8 Å². The van der Waals surface area contributed by atoms with Crippen LogP contribution in [-0.4, -0.2) is 45.4 Å². The Labute approximate surface area is 201 Å². The predicted molar refractivity (Wildman–Crippen MR) is 133 cm³/mol. The van der Waals surface area contributed by atoms with Crippen LogP contribution >= 0.6 is 0 Å². The van der Waals surface area contributed by atoms with Gasteiger partial charge in [-0.3, -0.25) is 14.3 Å². The number of aromatic amines is 1. The van der Waals surface area contributed by atoms with E-state index in [1.807, 2.05) is 49.4 Å². The Morgan fingerprint density at radius 2 is 2.06 bits per heavy atom.